The van der Waals surface area contributed by atoms with E-state index in [2.05, 4.69) is 9.57 Å². The molecule has 1 aromatic carbocycles. The van der Waals surface area contributed by atoms with Gasteiger partial charge in [0, 0.05) is 12.5 Å². The molecule has 1 aromatic rings. The first-order valence-corrected chi connectivity index (χ1v) is 7.13. The van der Waals surface area contributed by atoms with Crippen molar-refractivity contribution >= 4 is 12.0 Å². The van der Waals surface area contributed by atoms with Gasteiger partial charge in [0.25, 0.3) is 5.92 Å². The number of ether oxygens (including phenoxy) is 3. The molecule has 1 heterocycles. The molecule has 11 heteroatoms. The van der Waals surface area contributed by atoms with E-state index in [1.165, 1.54) is 6.92 Å². The Bertz CT molecular complexity index is 713. The van der Waals surface area contributed by atoms with Crippen LogP contribution in [0, 0.1) is 0 Å². The Morgan fingerprint density at radius 2 is 1.92 bits per heavy atom. The van der Waals surface area contributed by atoms with Gasteiger partial charge in [-0.3, -0.25) is 4.84 Å². The van der Waals surface area contributed by atoms with Crippen LogP contribution >= 0.6 is 0 Å². The van der Waals surface area contributed by atoms with E-state index in [4.69, 9.17) is 15.4 Å². The highest BCUT2D eigenvalue weighted by Crippen LogP contribution is 2.39. The molecule has 26 heavy (non-hydrogen) atoms. The summed E-state index contributed by atoms with van der Waals surface area (Å²) in [5.74, 6) is -0.638. The van der Waals surface area contributed by atoms with Crippen LogP contribution in [-0.4, -0.2) is 30.6 Å². The third-order valence-electron chi connectivity index (χ3n) is 3.21. The molecule has 1 aliphatic rings. The van der Waals surface area contributed by atoms with Crippen LogP contribution in [0.15, 0.2) is 23.8 Å². The number of halogens is 5. The van der Waals surface area contributed by atoms with Crippen LogP contribution in [0.2, 0.25) is 0 Å². The molecule has 0 aromatic heterocycles. The molecule has 6 nitrogen and oxygen atoms in total. The molecule has 0 spiro atoms. The maximum Gasteiger partial charge on any atom is 0.573 e. The van der Waals surface area contributed by atoms with Crippen molar-refractivity contribution in [1.29, 1.82) is 0 Å². The first-order valence-electron chi connectivity index (χ1n) is 7.13. The number of carbonyl (C=O) groups is 1. The van der Waals surface area contributed by atoms with Gasteiger partial charge in [0.15, 0.2) is 6.10 Å². The van der Waals surface area contributed by atoms with E-state index in [0.29, 0.717) is 6.92 Å². The fourth-order valence-electron chi connectivity index (χ4n) is 2.17. The number of hydrogen-bond donors (Lipinski definition) is 1. The van der Waals surface area contributed by atoms with E-state index in [0.717, 1.165) is 24.3 Å². The van der Waals surface area contributed by atoms with Gasteiger partial charge in [-0.1, -0.05) is 0 Å². The Balaban J connectivity index is 2.42. The van der Waals surface area contributed by atoms with E-state index in [1.807, 2.05) is 0 Å². The highest BCUT2D eigenvalue weighted by atomic mass is 19.4. The van der Waals surface area contributed by atoms with Crippen LogP contribution in [0.5, 0.6) is 11.5 Å². The largest absolute Gasteiger partial charge is 0.573 e. The lowest BCUT2D eigenvalue weighted by molar-refractivity contribution is -0.274. The van der Waals surface area contributed by atoms with Gasteiger partial charge in [-0.25, -0.2) is 19.5 Å². The molecule has 2 unspecified atom stereocenters. The third-order valence-corrected chi connectivity index (χ3v) is 3.21. The lowest BCUT2D eigenvalue weighted by atomic mass is 9.98. The van der Waals surface area contributed by atoms with E-state index in [1.54, 1.807) is 0 Å². The first kappa shape index (κ1) is 19.9. The molecule has 0 aliphatic carbocycles. The van der Waals surface area contributed by atoms with Crippen molar-refractivity contribution in [3.63, 3.8) is 0 Å². The Morgan fingerprint density at radius 1 is 1.27 bits per heavy atom. The van der Waals surface area contributed by atoms with Crippen LogP contribution in [-0.2, 0) is 14.4 Å². The monoisotopic (exact) mass is 383 g/mol. The number of rotatable bonds is 5. The smallest absolute Gasteiger partial charge is 0.478 e. The normalized spacial score (nSPS) is 18.3. The van der Waals surface area contributed by atoms with Crippen molar-refractivity contribution in [2.45, 2.75) is 38.5 Å². The molecule has 0 bridgehead atoms. The Hall–Kier alpha value is -2.40. The molecule has 1 aliphatic heterocycles. The van der Waals surface area contributed by atoms with Crippen LogP contribution in [0.25, 0.3) is 6.08 Å². The van der Waals surface area contributed by atoms with Gasteiger partial charge < -0.3 is 14.2 Å². The van der Waals surface area contributed by atoms with Crippen molar-refractivity contribution in [3.05, 3.63) is 29.3 Å². The number of benzene rings is 1. The second kappa shape index (κ2) is 7.08. The van der Waals surface area contributed by atoms with Gasteiger partial charge >= 0.3 is 12.3 Å². The van der Waals surface area contributed by atoms with Gasteiger partial charge in [0.05, 0.1) is 5.57 Å². The van der Waals surface area contributed by atoms with E-state index in [-0.39, 0.29) is 11.3 Å². The molecule has 2 atom stereocenters. The number of esters is 1. The molecule has 0 fully saturated rings. The summed E-state index contributed by atoms with van der Waals surface area (Å²) < 4.78 is 78.2. The fraction of sp³-hybridized carbons (Fsp3) is 0.400. The molecular weight excluding hydrogens is 369 g/mol. The molecular formula is C15H14F5NO5. The van der Waals surface area contributed by atoms with Gasteiger partial charge in [-0.15, -0.1) is 13.2 Å². The maximum absolute atomic E-state index is 13.8. The summed E-state index contributed by atoms with van der Waals surface area (Å²) in [6.45, 7) is 1.76. The molecule has 0 saturated carbocycles. The van der Waals surface area contributed by atoms with Crippen molar-refractivity contribution < 1.29 is 45.8 Å². The topological polar surface area (TPSA) is 80.0 Å². The highest BCUT2D eigenvalue weighted by Gasteiger charge is 2.45. The minimum Gasteiger partial charge on any atom is -0.478 e. The number of fused-ring (bicyclic) bond motifs is 1. The van der Waals surface area contributed by atoms with Crippen molar-refractivity contribution in [2.75, 3.05) is 0 Å². The summed E-state index contributed by atoms with van der Waals surface area (Å²) in [7, 11) is 0. The van der Waals surface area contributed by atoms with E-state index in [9.17, 15) is 26.7 Å². The number of carbonyl (C=O) groups excluding carboxylic acids is 1. The van der Waals surface area contributed by atoms with Crippen molar-refractivity contribution in [2.24, 2.45) is 5.90 Å². The zero-order chi connectivity index (χ0) is 19.7. The highest BCUT2D eigenvalue weighted by molar-refractivity contribution is 5.96. The molecule has 2 N–H and O–H groups in total. The van der Waals surface area contributed by atoms with Crippen LogP contribution in [0.1, 0.15) is 19.4 Å². The zero-order valence-electron chi connectivity index (χ0n) is 13.5. The second-order valence-electron chi connectivity index (χ2n) is 5.41. The second-order valence-corrected chi connectivity index (χ2v) is 5.41. The standard InChI is InChI=1S/C15H14F5NO5/c1-7(26-21)23-13(22)10-6-8-5-9(25-15(18,19)20)3-4-11(8)24-12(10)14(2,16)17/h3-7,12H,21H2,1-2H3. The van der Waals surface area contributed by atoms with Gasteiger partial charge in [0.2, 0.25) is 6.29 Å². The fourth-order valence-corrected chi connectivity index (χ4v) is 2.17. The lowest BCUT2D eigenvalue weighted by Crippen LogP contribution is -2.42. The molecule has 2 rings (SSSR count). The minimum absolute atomic E-state index is 0.0690. The Kier molecular flexibility index (Phi) is 5.42. The summed E-state index contributed by atoms with van der Waals surface area (Å²) in [5, 5.41) is 0. The molecule has 144 valence electrons. The minimum atomic E-state index is -4.94. The van der Waals surface area contributed by atoms with Crippen molar-refractivity contribution in [3.8, 4) is 11.5 Å². The lowest BCUT2D eigenvalue weighted by Gasteiger charge is -2.30. The Morgan fingerprint density at radius 3 is 2.46 bits per heavy atom. The SMILES string of the molecule is CC(ON)OC(=O)C1=Cc2cc(OC(F)(F)F)ccc2OC1C(C)(F)F. The predicted molar refractivity (Wildman–Crippen MR) is 77.0 cm³/mol. The molecule has 0 saturated heterocycles. The zero-order valence-corrected chi connectivity index (χ0v) is 13.5. The first-order chi connectivity index (χ1) is 11.9. The quantitative estimate of drug-likeness (QED) is 0.364. The Labute approximate surface area is 144 Å². The average Bonchev–Trinajstić information content (AvgIpc) is 2.50. The number of alkyl halides is 5. The van der Waals surface area contributed by atoms with E-state index >= 15 is 0 Å². The summed E-state index contributed by atoms with van der Waals surface area (Å²) in [6.07, 6.45) is -7.25. The van der Waals surface area contributed by atoms with Gasteiger partial charge in [-0.05, 0) is 31.2 Å². The number of nitrogens with two attached hydrogens (primary N) is 1. The summed E-state index contributed by atoms with van der Waals surface area (Å²) >= 11 is 0. The third kappa shape index (κ3) is 4.82. The average molecular weight is 383 g/mol. The van der Waals surface area contributed by atoms with Crippen LogP contribution < -0.4 is 15.4 Å². The van der Waals surface area contributed by atoms with Crippen LogP contribution in [0.3, 0.4) is 0 Å². The van der Waals surface area contributed by atoms with Crippen molar-refractivity contribution in [1.82, 2.24) is 0 Å². The maximum atomic E-state index is 13.8. The summed E-state index contributed by atoms with van der Waals surface area (Å²) in [5.41, 5.74) is -0.682. The molecule has 0 radical (unpaired) electrons. The summed E-state index contributed by atoms with van der Waals surface area (Å²) in [6, 6.07) is 2.82. The number of hydrogen-bond acceptors (Lipinski definition) is 6. The summed E-state index contributed by atoms with van der Waals surface area (Å²) in [4.78, 5) is 16.3. The van der Waals surface area contributed by atoms with Gasteiger partial charge in [0.1, 0.15) is 11.5 Å². The molecule has 0 amide bonds. The van der Waals surface area contributed by atoms with Gasteiger partial charge in [-0.2, -0.15) is 0 Å². The van der Waals surface area contributed by atoms with Crippen LogP contribution in [0.4, 0.5) is 22.0 Å². The van der Waals surface area contributed by atoms with E-state index < -0.39 is 42.0 Å². The predicted octanol–water partition coefficient (Wildman–Crippen LogP) is 3.16.